The average Bonchev–Trinajstić information content (AvgIpc) is 2.23. The van der Waals surface area contributed by atoms with E-state index >= 15 is 0 Å². The van der Waals surface area contributed by atoms with E-state index in [0.29, 0.717) is 11.8 Å². The molecule has 0 spiro atoms. The number of carbonyl (C=O) groups is 1. The van der Waals surface area contributed by atoms with E-state index in [1.807, 2.05) is 0 Å². The van der Waals surface area contributed by atoms with Crippen molar-refractivity contribution in [2.24, 2.45) is 5.92 Å². The number of nitrogens with one attached hydrogen (secondary N) is 1. The second-order valence-corrected chi connectivity index (χ2v) is 5.17. The summed E-state index contributed by atoms with van der Waals surface area (Å²) in [5.41, 5.74) is 0. The van der Waals surface area contributed by atoms with Crippen molar-refractivity contribution < 1.29 is 4.79 Å². The van der Waals surface area contributed by atoms with Gasteiger partial charge in [0, 0.05) is 12.5 Å². The molecule has 1 saturated heterocycles. The molecule has 3 nitrogen and oxygen atoms in total. The number of hydrogen-bond donors (Lipinski definition) is 1. The minimum Gasteiger partial charge on any atom is -0.356 e. The zero-order chi connectivity index (χ0) is 11.2. The average molecular weight is 224 g/mol. The number of nitrogens with zero attached hydrogens (tertiary/aromatic N) is 1. The van der Waals surface area contributed by atoms with E-state index in [9.17, 15) is 4.79 Å². The molecule has 0 aromatic carbocycles. The lowest BCUT2D eigenvalue weighted by molar-refractivity contribution is -0.127. The molecule has 1 saturated carbocycles. The summed E-state index contributed by atoms with van der Waals surface area (Å²) in [6, 6.07) is 0. The fourth-order valence-corrected chi connectivity index (χ4v) is 2.51. The summed E-state index contributed by atoms with van der Waals surface area (Å²) >= 11 is 0. The number of amides is 1. The van der Waals surface area contributed by atoms with E-state index in [4.69, 9.17) is 0 Å². The Morgan fingerprint density at radius 2 is 1.88 bits per heavy atom. The highest BCUT2D eigenvalue weighted by atomic mass is 16.1. The molecule has 2 aliphatic rings. The van der Waals surface area contributed by atoms with Gasteiger partial charge in [0.05, 0.1) is 0 Å². The Kier molecular flexibility index (Phi) is 4.64. The SMILES string of the molecule is O=C(NCCCN1CCCCC1)C1CCC1. The lowest BCUT2D eigenvalue weighted by atomic mass is 9.85. The second kappa shape index (κ2) is 6.24. The molecule has 2 fully saturated rings. The summed E-state index contributed by atoms with van der Waals surface area (Å²) in [6.45, 7) is 4.55. The van der Waals surface area contributed by atoms with E-state index in [1.54, 1.807) is 0 Å². The maximum atomic E-state index is 11.6. The van der Waals surface area contributed by atoms with Gasteiger partial charge < -0.3 is 10.2 Å². The first-order valence-corrected chi connectivity index (χ1v) is 6.86. The van der Waals surface area contributed by atoms with Crippen molar-refractivity contribution in [2.75, 3.05) is 26.2 Å². The number of carbonyl (C=O) groups excluding carboxylic acids is 1. The van der Waals surface area contributed by atoms with Crippen LogP contribution in [0.2, 0.25) is 0 Å². The van der Waals surface area contributed by atoms with Crippen LogP contribution in [0.4, 0.5) is 0 Å². The predicted molar refractivity (Wildman–Crippen MR) is 65.3 cm³/mol. The van der Waals surface area contributed by atoms with Gasteiger partial charge in [-0.05, 0) is 51.7 Å². The van der Waals surface area contributed by atoms with Crippen LogP contribution in [0.5, 0.6) is 0 Å². The van der Waals surface area contributed by atoms with Gasteiger partial charge in [-0.1, -0.05) is 12.8 Å². The van der Waals surface area contributed by atoms with E-state index < -0.39 is 0 Å². The highest BCUT2D eigenvalue weighted by molar-refractivity contribution is 5.79. The molecule has 16 heavy (non-hydrogen) atoms. The van der Waals surface area contributed by atoms with Crippen LogP contribution in [-0.4, -0.2) is 37.0 Å². The van der Waals surface area contributed by atoms with Gasteiger partial charge in [0.25, 0.3) is 0 Å². The van der Waals surface area contributed by atoms with Gasteiger partial charge >= 0.3 is 0 Å². The molecule has 2 rings (SSSR count). The third kappa shape index (κ3) is 3.48. The van der Waals surface area contributed by atoms with Gasteiger partial charge in [-0.15, -0.1) is 0 Å². The molecule has 1 amide bonds. The lowest BCUT2D eigenvalue weighted by Crippen LogP contribution is -2.37. The first-order chi connectivity index (χ1) is 7.86. The standard InChI is InChI=1S/C13H24N2O/c16-13(12-6-4-7-12)14-8-5-11-15-9-2-1-3-10-15/h12H,1-11H2,(H,14,16). The number of hydrogen-bond acceptors (Lipinski definition) is 2. The third-order valence-electron chi connectivity index (χ3n) is 3.87. The van der Waals surface area contributed by atoms with Crippen molar-refractivity contribution in [1.29, 1.82) is 0 Å². The molecule has 0 bridgehead atoms. The van der Waals surface area contributed by atoms with Crippen molar-refractivity contribution >= 4 is 5.91 Å². The maximum absolute atomic E-state index is 11.6. The summed E-state index contributed by atoms with van der Waals surface area (Å²) in [4.78, 5) is 14.1. The smallest absolute Gasteiger partial charge is 0.223 e. The summed E-state index contributed by atoms with van der Waals surface area (Å²) in [5.74, 6) is 0.639. The normalized spacial score (nSPS) is 22.8. The number of likely N-dealkylation sites (tertiary alicyclic amines) is 1. The molecule has 1 heterocycles. The molecular formula is C13H24N2O. The summed E-state index contributed by atoms with van der Waals surface area (Å²) in [6.07, 6.45) is 8.68. The first kappa shape index (κ1) is 11.9. The molecule has 0 unspecified atom stereocenters. The molecule has 0 radical (unpaired) electrons. The van der Waals surface area contributed by atoms with Gasteiger partial charge in [-0.2, -0.15) is 0 Å². The van der Waals surface area contributed by atoms with Crippen LogP contribution in [-0.2, 0) is 4.79 Å². The molecule has 1 aliphatic heterocycles. The van der Waals surface area contributed by atoms with E-state index in [1.165, 1.54) is 38.8 Å². The Balaban J connectivity index is 1.49. The van der Waals surface area contributed by atoms with Crippen LogP contribution in [0.3, 0.4) is 0 Å². The van der Waals surface area contributed by atoms with Gasteiger partial charge in [-0.3, -0.25) is 4.79 Å². The van der Waals surface area contributed by atoms with Crippen LogP contribution < -0.4 is 5.32 Å². The maximum Gasteiger partial charge on any atom is 0.223 e. The largest absolute Gasteiger partial charge is 0.356 e. The molecule has 3 heteroatoms. The van der Waals surface area contributed by atoms with Crippen LogP contribution in [0.1, 0.15) is 44.9 Å². The van der Waals surface area contributed by atoms with Gasteiger partial charge in [-0.25, -0.2) is 0 Å². The zero-order valence-corrected chi connectivity index (χ0v) is 10.2. The van der Waals surface area contributed by atoms with E-state index in [-0.39, 0.29) is 0 Å². The van der Waals surface area contributed by atoms with Crippen molar-refractivity contribution in [2.45, 2.75) is 44.9 Å². The van der Waals surface area contributed by atoms with Gasteiger partial charge in [0.2, 0.25) is 5.91 Å². The minimum atomic E-state index is 0.296. The fourth-order valence-electron chi connectivity index (χ4n) is 2.51. The zero-order valence-electron chi connectivity index (χ0n) is 10.2. The summed E-state index contributed by atoms with van der Waals surface area (Å²) < 4.78 is 0. The summed E-state index contributed by atoms with van der Waals surface area (Å²) in [7, 11) is 0. The quantitative estimate of drug-likeness (QED) is 0.722. The van der Waals surface area contributed by atoms with E-state index in [0.717, 1.165) is 32.4 Å². The number of piperidine rings is 1. The number of rotatable bonds is 5. The molecule has 0 atom stereocenters. The van der Waals surface area contributed by atoms with Crippen molar-refractivity contribution in [3.05, 3.63) is 0 Å². The van der Waals surface area contributed by atoms with Crippen LogP contribution in [0, 0.1) is 5.92 Å². The molecule has 0 aromatic rings. The minimum absolute atomic E-state index is 0.296. The highest BCUT2D eigenvalue weighted by Crippen LogP contribution is 2.26. The Morgan fingerprint density at radius 3 is 2.50 bits per heavy atom. The third-order valence-corrected chi connectivity index (χ3v) is 3.87. The Morgan fingerprint density at radius 1 is 1.12 bits per heavy atom. The van der Waals surface area contributed by atoms with Crippen molar-refractivity contribution in [3.8, 4) is 0 Å². The highest BCUT2D eigenvalue weighted by Gasteiger charge is 2.24. The second-order valence-electron chi connectivity index (χ2n) is 5.17. The van der Waals surface area contributed by atoms with Crippen LogP contribution in [0.15, 0.2) is 0 Å². The Labute approximate surface area is 98.6 Å². The first-order valence-electron chi connectivity index (χ1n) is 6.86. The fraction of sp³-hybridized carbons (Fsp3) is 0.923. The Hall–Kier alpha value is -0.570. The summed E-state index contributed by atoms with van der Waals surface area (Å²) in [5, 5.41) is 3.06. The molecule has 1 N–H and O–H groups in total. The van der Waals surface area contributed by atoms with Crippen LogP contribution in [0.25, 0.3) is 0 Å². The molecule has 0 aromatic heterocycles. The molecule has 92 valence electrons. The topological polar surface area (TPSA) is 32.3 Å². The predicted octanol–water partition coefficient (Wildman–Crippen LogP) is 1.78. The molecule has 1 aliphatic carbocycles. The lowest BCUT2D eigenvalue weighted by Gasteiger charge is -2.27. The van der Waals surface area contributed by atoms with E-state index in [2.05, 4.69) is 10.2 Å². The van der Waals surface area contributed by atoms with Gasteiger partial charge in [0.1, 0.15) is 0 Å². The van der Waals surface area contributed by atoms with Crippen molar-refractivity contribution in [3.63, 3.8) is 0 Å². The molecular weight excluding hydrogens is 200 g/mol. The van der Waals surface area contributed by atoms with Crippen LogP contribution >= 0.6 is 0 Å². The van der Waals surface area contributed by atoms with Gasteiger partial charge in [0.15, 0.2) is 0 Å². The Bertz CT molecular complexity index is 220. The van der Waals surface area contributed by atoms with Crippen molar-refractivity contribution in [1.82, 2.24) is 10.2 Å². The monoisotopic (exact) mass is 224 g/mol.